The number of likely N-dealkylation sites (tertiary alicyclic amines) is 1. The Morgan fingerprint density at radius 2 is 1.96 bits per heavy atom. The summed E-state index contributed by atoms with van der Waals surface area (Å²) in [5.74, 6) is -0.994. The van der Waals surface area contributed by atoms with Gasteiger partial charge < -0.3 is 14.5 Å². The van der Waals surface area contributed by atoms with E-state index in [2.05, 4.69) is 4.90 Å². The molecular weight excluding hydrogens is 335 g/mol. The topological polar surface area (TPSA) is 49.9 Å². The van der Waals surface area contributed by atoms with Crippen molar-refractivity contribution in [3.8, 4) is 0 Å². The molecule has 1 aromatic rings. The van der Waals surface area contributed by atoms with Crippen molar-refractivity contribution in [3.63, 3.8) is 0 Å². The molecule has 0 atom stereocenters. The monoisotopic (exact) mass is 364 g/mol. The van der Waals surface area contributed by atoms with Crippen molar-refractivity contribution in [1.29, 1.82) is 0 Å². The van der Waals surface area contributed by atoms with Gasteiger partial charge in [0.05, 0.1) is 13.0 Å². The zero-order valence-electron chi connectivity index (χ0n) is 15.6. The van der Waals surface area contributed by atoms with E-state index in [1.54, 1.807) is 17.9 Å². The van der Waals surface area contributed by atoms with Crippen LogP contribution in [0.3, 0.4) is 0 Å². The van der Waals surface area contributed by atoms with Crippen LogP contribution in [0.5, 0.6) is 0 Å². The van der Waals surface area contributed by atoms with E-state index < -0.39 is 5.82 Å². The Hall–Kier alpha value is -1.95. The van der Waals surface area contributed by atoms with E-state index in [4.69, 9.17) is 4.74 Å². The molecule has 2 rings (SSSR count). The molecule has 0 aromatic heterocycles. The fourth-order valence-corrected chi connectivity index (χ4v) is 3.22. The SMILES string of the molecule is CCOC(=O)CCN(CCCCN1CCCC1)C(=O)c1cccc(F)c1. The molecule has 1 aliphatic rings. The van der Waals surface area contributed by atoms with Gasteiger partial charge in [-0.3, -0.25) is 9.59 Å². The fourth-order valence-electron chi connectivity index (χ4n) is 3.22. The molecule has 26 heavy (non-hydrogen) atoms. The van der Waals surface area contributed by atoms with Gasteiger partial charge in [0.15, 0.2) is 0 Å². The molecule has 1 saturated heterocycles. The molecule has 0 N–H and O–H groups in total. The van der Waals surface area contributed by atoms with Gasteiger partial charge in [-0.05, 0) is 70.4 Å². The third kappa shape index (κ3) is 6.75. The number of carbonyl (C=O) groups excluding carboxylic acids is 2. The van der Waals surface area contributed by atoms with Crippen LogP contribution < -0.4 is 0 Å². The maximum Gasteiger partial charge on any atom is 0.307 e. The molecular formula is C20H29FN2O3. The molecule has 5 nitrogen and oxygen atoms in total. The van der Waals surface area contributed by atoms with Crippen LogP contribution in [0.1, 0.15) is 49.4 Å². The summed E-state index contributed by atoms with van der Waals surface area (Å²) < 4.78 is 18.4. The quantitative estimate of drug-likeness (QED) is 0.473. The largest absolute Gasteiger partial charge is 0.466 e. The molecule has 1 aliphatic heterocycles. The van der Waals surface area contributed by atoms with Crippen LogP contribution in [0.15, 0.2) is 24.3 Å². The van der Waals surface area contributed by atoms with E-state index in [0.717, 1.165) is 32.5 Å². The summed E-state index contributed by atoms with van der Waals surface area (Å²) in [5, 5.41) is 0. The van der Waals surface area contributed by atoms with Crippen LogP contribution >= 0.6 is 0 Å². The van der Waals surface area contributed by atoms with Gasteiger partial charge in [-0.15, -0.1) is 0 Å². The van der Waals surface area contributed by atoms with E-state index >= 15 is 0 Å². The average Bonchev–Trinajstić information content (AvgIpc) is 3.14. The van der Waals surface area contributed by atoms with Crippen molar-refractivity contribution < 1.29 is 18.7 Å². The van der Waals surface area contributed by atoms with Gasteiger partial charge in [0, 0.05) is 18.7 Å². The molecule has 1 aromatic carbocycles. The lowest BCUT2D eigenvalue weighted by Crippen LogP contribution is -2.34. The highest BCUT2D eigenvalue weighted by Gasteiger charge is 2.18. The highest BCUT2D eigenvalue weighted by Crippen LogP contribution is 2.12. The summed E-state index contributed by atoms with van der Waals surface area (Å²) >= 11 is 0. The number of nitrogens with zero attached hydrogens (tertiary/aromatic N) is 2. The Morgan fingerprint density at radius 1 is 1.19 bits per heavy atom. The van der Waals surface area contributed by atoms with E-state index in [1.807, 2.05) is 0 Å². The van der Waals surface area contributed by atoms with Crippen LogP contribution in [-0.2, 0) is 9.53 Å². The highest BCUT2D eigenvalue weighted by atomic mass is 19.1. The van der Waals surface area contributed by atoms with Gasteiger partial charge >= 0.3 is 5.97 Å². The summed E-state index contributed by atoms with van der Waals surface area (Å²) in [7, 11) is 0. The zero-order chi connectivity index (χ0) is 18.8. The molecule has 0 radical (unpaired) electrons. The Bertz CT molecular complexity index is 588. The molecule has 0 bridgehead atoms. The van der Waals surface area contributed by atoms with Gasteiger partial charge in [0.1, 0.15) is 5.82 Å². The van der Waals surface area contributed by atoms with Gasteiger partial charge in [0.2, 0.25) is 0 Å². The summed E-state index contributed by atoms with van der Waals surface area (Å²) in [5.41, 5.74) is 0.313. The molecule has 1 fully saturated rings. The van der Waals surface area contributed by atoms with E-state index in [-0.39, 0.29) is 24.8 Å². The van der Waals surface area contributed by atoms with Crippen molar-refractivity contribution in [3.05, 3.63) is 35.6 Å². The number of benzene rings is 1. The lowest BCUT2D eigenvalue weighted by molar-refractivity contribution is -0.143. The fraction of sp³-hybridized carbons (Fsp3) is 0.600. The smallest absolute Gasteiger partial charge is 0.307 e. The number of halogens is 1. The Labute approximate surface area is 155 Å². The Morgan fingerprint density at radius 3 is 2.65 bits per heavy atom. The van der Waals surface area contributed by atoms with Crippen LogP contribution in [0.25, 0.3) is 0 Å². The normalized spacial score (nSPS) is 14.4. The molecule has 144 valence electrons. The van der Waals surface area contributed by atoms with Gasteiger partial charge in [-0.25, -0.2) is 4.39 Å². The van der Waals surface area contributed by atoms with Gasteiger partial charge in [-0.2, -0.15) is 0 Å². The first-order chi connectivity index (χ1) is 12.6. The summed E-state index contributed by atoms with van der Waals surface area (Å²) in [6.45, 7) is 6.29. The Balaban J connectivity index is 1.89. The minimum atomic E-state index is -0.435. The highest BCUT2D eigenvalue weighted by molar-refractivity contribution is 5.94. The molecule has 0 aliphatic carbocycles. The Kier molecular flexibility index (Phi) is 8.54. The van der Waals surface area contributed by atoms with Crippen molar-refractivity contribution >= 4 is 11.9 Å². The minimum absolute atomic E-state index is 0.154. The van der Waals surface area contributed by atoms with Gasteiger partial charge in [-0.1, -0.05) is 6.07 Å². The van der Waals surface area contributed by atoms with Crippen LogP contribution in [-0.4, -0.2) is 61.0 Å². The van der Waals surface area contributed by atoms with Gasteiger partial charge in [0.25, 0.3) is 5.91 Å². The van der Waals surface area contributed by atoms with Crippen LogP contribution in [0, 0.1) is 5.82 Å². The standard InChI is InChI=1S/C20H29FN2O3/c1-2-26-19(24)10-15-23(14-6-5-13-22-11-3-4-12-22)20(25)17-8-7-9-18(21)16-17/h7-9,16H,2-6,10-15H2,1H3. The molecule has 1 heterocycles. The lowest BCUT2D eigenvalue weighted by atomic mass is 10.1. The van der Waals surface area contributed by atoms with Crippen molar-refractivity contribution in [1.82, 2.24) is 9.80 Å². The number of ether oxygens (including phenoxy) is 1. The first-order valence-electron chi connectivity index (χ1n) is 9.53. The van der Waals surface area contributed by atoms with Crippen molar-refractivity contribution in [2.24, 2.45) is 0 Å². The summed E-state index contributed by atoms with van der Waals surface area (Å²) in [4.78, 5) is 28.4. The first kappa shape index (κ1) is 20.4. The first-order valence-corrected chi connectivity index (χ1v) is 9.53. The maximum absolute atomic E-state index is 13.4. The number of unbranched alkanes of at least 4 members (excludes halogenated alkanes) is 1. The van der Waals surface area contributed by atoms with Crippen LogP contribution in [0.2, 0.25) is 0 Å². The maximum atomic E-state index is 13.4. The molecule has 0 spiro atoms. The molecule has 0 unspecified atom stereocenters. The number of esters is 1. The van der Waals surface area contributed by atoms with Crippen molar-refractivity contribution in [2.75, 3.05) is 39.3 Å². The number of amides is 1. The number of hydrogen-bond donors (Lipinski definition) is 0. The zero-order valence-corrected chi connectivity index (χ0v) is 15.6. The number of rotatable bonds is 10. The number of hydrogen-bond acceptors (Lipinski definition) is 4. The third-order valence-electron chi connectivity index (χ3n) is 4.60. The predicted octanol–water partition coefficient (Wildman–Crippen LogP) is 3.10. The molecule has 1 amide bonds. The van der Waals surface area contributed by atoms with Crippen LogP contribution in [0.4, 0.5) is 4.39 Å². The second-order valence-electron chi connectivity index (χ2n) is 6.61. The average molecular weight is 364 g/mol. The second kappa shape index (κ2) is 10.9. The minimum Gasteiger partial charge on any atom is -0.466 e. The summed E-state index contributed by atoms with van der Waals surface area (Å²) in [6.07, 6.45) is 4.56. The van der Waals surface area contributed by atoms with E-state index in [0.29, 0.717) is 18.7 Å². The predicted molar refractivity (Wildman–Crippen MR) is 98.5 cm³/mol. The van der Waals surface area contributed by atoms with E-state index in [1.165, 1.54) is 31.0 Å². The van der Waals surface area contributed by atoms with Crippen molar-refractivity contribution in [2.45, 2.75) is 39.0 Å². The lowest BCUT2D eigenvalue weighted by Gasteiger charge is -2.23. The summed E-state index contributed by atoms with van der Waals surface area (Å²) in [6, 6.07) is 5.69. The molecule has 0 saturated carbocycles. The number of carbonyl (C=O) groups is 2. The van der Waals surface area contributed by atoms with E-state index in [9.17, 15) is 14.0 Å². The molecule has 6 heteroatoms. The third-order valence-corrected chi connectivity index (χ3v) is 4.60. The second-order valence-corrected chi connectivity index (χ2v) is 6.61.